The third kappa shape index (κ3) is 7.06. The maximum Gasteiger partial charge on any atom is 0.303 e. The number of benzene rings is 1. The molecule has 0 radical (unpaired) electrons. The molecule has 3 rings (SSSR count). The number of nitriles is 1. The molecule has 2 amide bonds. The van der Waals surface area contributed by atoms with Gasteiger partial charge in [0.15, 0.2) is 11.0 Å². The van der Waals surface area contributed by atoms with E-state index >= 15 is 0 Å². The maximum atomic E-state index is 12.8. The third-order valence-electron chi connectivity index (χ3n) is 4.20. The number of aliphatic carboxylic acids is 1. The first-order chi connectivity index (χ1) is 16.8. The summed E-state index contributed by atoms with van der Waals surface area (Å²) in [5.74, 6) is -1.93. The fourth-order valence-electron chi connectivity index (χ4n) is 2.65. The van der Waals surface area contributed by atoms with Gasteiger partial charge in [0.25, 0.3) is 11.6 Å². The van der Waals surface area contributed by atoms with Crippen molar-refractivity contribution in [3.63, 3.8) is 0 Å². The van der Waals surface area contributed by atoms with Gasteiger partial charge in [0.05, 0.1) is 35.3 Å². The van der Waals surface area contributed by atoms with Crippen LogP contribution in [0.2, 0.25) is 0 Å². The summed E-state index contributed by atoms with van der Waals surface area (Å²) in [6.07, 6.45) is -0.404. The molecular formula is C19H16N8O6S2. The van der Waals surface area contributed by atoms with Crippen molar-refractivity contribution >= 4 is 51.7 Å². The number of anilines is 1. The lowest BCUT2D eigenvalue weighted by molar-refractivity contribution is -0.384. The summed E-state index contributed by atoms with van der Waals surface area (Å²) in [4.78, 5) is 49.8. The van der Waals surface area contributed by atoms with Crippen LogP contribution >= 0.6 is 23.1 Å². The minimum Gasteiger partial charge on any atom is -0.481 e. The summed E-state index contributed by atoms with van der Waals surface area (Å²) in [5.41, 5.74) is 2.86. The number of nitrogens with zero attached hydrogens (tertiary/aromatic N) is 6. The summed E-state index contributed by atoms with van der Waals surface area (Å²) < 4.78 is 1.27. The average Bonchev–Trinajstić information content (AvgIpc) is 3.43. The van der Waals surface area contributed by atoms with Gasteiger partial charge in [-0.2, -0.15) is 5.26 Å². The number of thioether (sulfide) groups is 1. The molecule has 0 aliphatic carbocycles. The summed E-state index contributed by atoms with van der Waals surface area (Å²) >= 11 is 2.15. The first-order valence-electron chi connectivity index (χ1n) is 9.72. The number of carbonyl (C=O) groups excluding carboxylic acids is 2. The van der Waals surface area contributed by atoms with Crippen molar-refractivity contribution in [3.05, 3.63) is 56.8 Å². The number of hydrogen-bond donors (Lipinski definition) is 3. The van der Waals surface area contributed by atoms with E-state index < -0.39 is 22.7 Å². The molecule has 180 valence electrons. The number of carboxylic acids is 1. The fraction of sp³-hybridized carbons (Fsp3) is 0.211. The summed E-state index contributed by atoms with van der Waals surface area (Å²) in [5, 5.41) is 41.3. The zero-order valence-electron chi connectivity index (χ0n) is 17.7. The summed E-state index contributed by atoms with van der Waals surface area (Å²) in [7, 11) is 0. The molecule has 0 aliphatic rings. The van der Waals surface area contributed by atoms with E-state index in [1.165, 1.54) is 22.9 Å². The Labute approximate surface area is 205 Å². The van der Waals surface area contributed by atoms with Gasteiger partial charge < -0.3 is 10.4 Å². The second kappa shape index (κ2) is 11.7. The molecule has 2 aromatic heterocycles. The van der Waals surface area contributed by atoms with Gasteiger partial charge in [-0.1, -0.05) is 17.8 Å². The van der Waals surface area contributed by atoms with Gasteiger partial charge in [0, 0.05) is 29.5 Å². The molecule has 35 heavy (non-hydrogen) atoms. The lowest BCUT2D eigenvalue weighted by Crippen LogP contribution is -2.26. The molecule has 0 aliphatic heterocycles. The monoisotopic (exact) mass is 516 g/mol. The van der Waals surface area contributed by atoms with E-state index in [4.69, 9.17) is 10.4 Å². The van der Waals surface area contributed by atoms with Crippen LogP contribution in [0, 0.1) is 21.4 Å². The smallest absolute Gasteiger partial charge is 0.303 e. The number of amides is 2. The highest BCUT2D eigenvalue weighted by Gasteiger charge is 2.19. The van der Waals surface area contributed by atoms with Crippen molar-refractivity contribution in [2.45, 2.75) is 24.4 Å². The van der Waals surface area contributed by atoms with E-state index in [0.29, 0.717) is 5.69 Å². The molecule has 14 nitrogen and oxygen atoms in total. The van der Waals surface area contributed by atoms with Gasteiger partial charge in [0.2, 0.25) is 11.1 Å². The number of non-ortho nitro benzene ring substituents is 1. The zero-order chi connectivity index (χ0) is 25.4. The Morgan fingerprint density at radius 3 is 2.80 bits per heavy atom. The Morgan fingerprint density at radius 2 is 2.09 bits per heavy atom. The Hall–Kier alpha value is -4.36. The minimum atomic E-state index is -1.09. The van der Waals surface area contributed by atoms with Gasteiger partial charge in [0.1, 0.15) is 0 Å². The van der Waals surface area contributed by atoms with Gasteiger partial charge >= 0.3 is 5.97 Å². The normalized spacial score (nSPS) is 10.4. The van der Waals surface area contributed by atoms with E-state index in [2.05, 4.69) is 25.9 Å². The predicted molar refractivity (Wildman–Crippen MR) is 124 cm³/mol. The maximum absolute atomic E-state index is 12.8. The molecule has 0 fully saturated rings. The lowest BCUT2D eigenvalue weighted by Gasteiger charge is -2.10. The predicted octanol–water partition coefficient (Wildman–Crippen LogP) is 2.04. The average molecular weight is 517 g/mol. The van der Waals surface area contributed by atoms with Gasteiger partial charge in [-0.05, 0) is 6.07 Å². The van der Waals surface area contributed by atoms with Crippen molar-refractivity contribution in [1.82, 2.24) is 19.9 Å². The molecular weight excluding hydrogens is 500 g/mol. The molecule has 2 heterocycles. The van der Waals surface area contributed by atoms with Crippen molar-refractivity contribution in [2.24, 2.45) is 0 Å². The van der Waals surface area contributed by atoms with E-state index in [1.807, 2.05) is 6.07 Å². The topological polar surface area (TPSA) is 206 Å². The van der Waals surface area contributed by atoms with Crippen LogP contribution in [0.1, 0.15) is 34.7 Å². The van der Waals surface area contributed by atoms with Crippen LogP contribution in [-0.4, -0.2) is 53.4 Å². The first-order valence-corrected chi connectivity index (χ1v) is 11.6. The van der Waals surface area contributed by atoms with E-state index in [-0.39, 0.29) is 52.4 Å². The molecule has 16 heteroatoms. The number of hydrogen-bond acceptors (Lipinski definition) is 11. The number of nitro benzene ring substituents is 1. The molecule has 0 atom stereocenters. The second-order valence-electron chi connectivity index (χ2n) is 6.69. The Balaban J connectivity index is 1.77. The van der Waals surface area contributed by atoms with Crippen LogP contribution in [0.25, 0.3) is 0 Å². The molecule has 3 aromatic rings. The van der Waals surface area contributed by atoms with Gasteiger partial charge in [-0.3, -0.25) is 29.9 Å². The van der Waals surface area contributed by atoms with Crippen molar-refractivity contribution in [2.75, 3.05) is 16.5 Å². The first kappa shape index (κ1) is 25.3. The number of rotatable bonds is 11. The van der Waals surface area contributed by atoms with Crippen LogP contribution in [0.5, 0.6) is 0 Å². The quantitative estimate of drug-likeness (QED) is 0.191. The lowest BCUT2D eigenvalue weighted by atomic mass is 10.2. The Morgan fingerprint density at radius 1 is 1.29 bits per heavy atom. The Bertz CT molecular complexity index is 1310. The molecule has 0 spiro atoms. The highest BCUT2D eigenvalue weighted by atomic mass is 32.2. The molecule has 1 aromatic carbocycles. The van der Waals surface area contributed by atoms with Crippen LogP contribution in [-0.2, 0) is 16.0 Å². The number of thiazole rings is 1. The number of aromatic nitrogens is 4. The van der Waals surface area contributed by atoms with Crippen molar-refractivity contribution in [3.8, 4) is 6.07 Å². The fourth-order valence-corrected chi connectivity index (χ4v) is 3.95. The second-order valence-corrected chi connectivity index (χ2v) is 8.49. The standard InChI is InChI=1S/C19H16N8O6S2/c20-6-7-34-19-24-23-14(9-12-10-35-18(21-12)22-15(28)4-5-16(29)30)26(19)25-17(31)11-2-1-3-13(8-11)27(32)33/h1-3,8,10H,4-5,7,9H2,(H,25,31)(H,29,30)(H,21,22,28). The van der Waals surface area contributed by atoms with E-state index in [0.717, 1.165) is 29.2 Å². The van der Waals surface area contributed by atoms with Crippen molar-refractivity contribution < 1.29 is 24.4 Å². The largest absolute Gasteiger partial charge is 0.481 e. The van der Waals surface area contributed by atoms with Crippen molar-refractivity contribution in [1.29, 1.82) is 5.26 Å². The zero-order valence-corrected chi connectivity index (χ0v) is 19.3. The molecule has 0 unspecified atom stereocenters. The molecule has 0 bridgehead atoms. The Kier molecular flexibility index (Phi) is 8.43. The van der Waals surface area contributed by atoms with Crippen LogP contribution in [0.4, 0.5) is 10.8 Å². The number of nitro groups is 1. The number of nitrogens with one attached hydrogen (secondary N) is 2. The number of carbonyl (C=O) groups is 3. The minimum absolute atomic E-state index is 0.0358. The highest BCUT2D eigenvalue weighted by molar-refractivity contribution is 7.99. The number of carboxylic acid groups (broad SMARTS) is 1. The molecule has 3 N–H and O–H groups in total. The van der Waals surface area contributed by atoms with Gasteiger partial charge in [-0.15, -0.1) is 21.5 Å². The molecule has 0 saturated carbocycles. The van der Waals surface area contributed by atoms with Gasteiger partial charge in [-0.25, -0.2) is 9.66 Å². The van der Waals surface area contributed by atoms with E-state index in [9.17, 15) is 24.5 Å². The third-order valence-corrected chi connectivity index (χ3v) is 5.80. The SMILES string of the molecule is N#CCSc1nnc(Cc2csc(NC(=O)CCC(=O)O)n2)n1NC(=O)c1cccc([N+](=O)[O-])c1. The van der Waals surface area contributed by atoms with Crippen LogP contribution in [0.3, 0.4) is 0 Å². The highest BCUT2D eigenvalue weighted by Crippen LogP contribution is 2.21. The molecule has 0 saturated heterocycles. The van der Waals surface area contributed by atoms with Crippen LogP contribution in [0.15, 0.2) is 34.8 Å². The summed E-state index contributed by atoms with van der Waals surface area (Å²) in [6, 6.07) is 7.13. The van der Waals surface area contributed by atoms with E-state index in [1.54, 1.807) is 5.38 Å². The van der Waals surface area contributed by atoms with Crippen LogP contribution < -0.4 is 10.7 Å². The summed E-state index contributed by atoms with van der Waals surface area (Å²) in [6.45, 7) is 0.